The molecular formula is C17H20N4O3. The Morgan fingerprint density at radius 3 is 2.83 bits per heavy atom. The van der Waals surface area contributed by atoms with Crippen LogP contribution in [0.2, 0.25) is 0 Å². The van der Waals surface area contributed by atoms with E-state index in [0.717, 1.165) is 31.7 Å². The van der Waals surface area contributed by atoms with Gasteiger partial charge in [0.2, 0.25) is 5.91 Å². The molecule has 0 spiro atoms. The van der Waals surface area contributed by atoms with Gasteiger partial charge in [0.15, 0.2) is 5.82 Å². The molecule has 0 bridgehead atoms. The number of carbonyl (C=O) groups excluding carboxylic acids is 2. The smallest absolute Gasteiger partial charge is 0.254 e. The fourth-order valence-electron chi connectivity index (χ4n) is 2.67. The van der Waals surface area contributed by atoms with E-state index in [1.54, 1.807) is 18.3 Å². The van der Waals surface area contributed by atoms with Crippen molar-refractivity contribution >= 4 is 23.3 Å². The number of rotatable bonds is 6. The first-order valence-electron chi connectivity index (χ1n) is 8.04. The van der Waals surface area contributed by atoms with Crippen LogP contribution in [0, 0.1) is 0 Å². The quantitative estimate of drug-likeness (QED) is 0.847. The van der Waals surface area contributed by atoms with Crippen LogP contribution in [0.4, 0.5) is 11.5 Å². The van der Waals surface area contributed by atoms with Crippen molar-refractivity contribution in [3.8, 4) is 0 Å². The zero-order valence-electron chi connectivity index (χ0n) is 13.3. The molecule has 1 fully saturated rings. The van der Waals surface area contributed by atoms with Crippen LogP contribution in [-0.4, -0.2) is 36.4 Å². The second-order valence-electron chi connectivity index (χ2n) is 5.63. The number of anilines is 2. The van der Waals surface area contributed by atoms with Crippen LogP contribution in [-0.2, 0) is 4.79 Å². The first-order chi connectivity index (χ1) is 11.7. The number of furan rings is 1. The minimum absolute atomic E-state index is 0.157. The monoisotopic (exact) mass is 328 g/mol. The molecular weight excluding hydrogens is 308 g/mol. The molecule has 0 atom stereocenters. The molecule has 7 heteroatoms. The average molecular weight is 328 g/mol. The van der Waals surface area contributed by atoms with Gasteiger partial charge in [0.05, 0.1) is 17.5 Å². The number of carbonyl (C=O) groups is 2. The van der Waals surface area contributed by atoms with Crippen LogP contribution in [0.5, 0.6) is 0 Å². The number of nitrogens with one attached hydrogen (secondary N) is 2. The summed E-state index contributed by atoms with van der Waals surface area (Å²) in [6.07, 6.45) is 7.01. The van der Waals surface area contributed by atoms with E-state index in [0.29, 0.717) is 11.3 Å². The lowest BCUT2D eigenvalue weighted by atomic mass is 10.3. The van der Waals surface area contributed by atoms with Crippen molar-refractivity contribution in [2.75, 3.05) is 29.9 Å². The molecule has 3 rings (SSSR count). The van der Waals surface area contributed by atoms with Gasteiger partial charge in [-0.1, -0.05) is 0 Å². The van der Waals surface area contributed by atoms with E-state index < -0.39 is 0 Å². The maximum atomic E-state index is 12.1. The predicted molar refractivity (Wildman–Crippen MR) is 90.0 cm³/mol. The minimum atomic E-state index is -0.254. The van der Waals surface area contributed by atoms with E-state index in [4.69, 9.17) is 4.42 Å². The van der Waals surface area contributed by atoms with Gasteiger partial charge in [-0.3, -0.25) is 9.59 Å². The Morgan fingerprint density at radius 1 is 1.25 bits per heavy atom. The molecule has 0 aromatic carbocycles. The molecule has 2 amide bonds. The number of nitrogens with zero attached hydrogens (tertiary/aromatic N) is 2. The molecule has 2 aromatic heterocycles. The maximum absolute atomic E-state index is 12.1. The normalized spacial score (nSPS) is 13.8. The van der Waals surface area contributed by atoms with Crippen molar-refractivity contribution in [2.24, 2.45) is 0 Å². The third kappa shape index (κ3) is 3.92. The van der Waals surface area contributed by atoms with Crippen molar-refractivity contribution in [3.05, 3.63) is 42.5 Å². The second kappa shape index (κ2) is 7.63. The first kappa shape index (κ1) is 16.0. The van der Waals surface area contributed by atoms with Gasteiger partial charge in [0.1, 0.15) is 6.26 Å². The molecule has 126 valence electrons. The van der Waals surface area contributed by atoms with Crippen LogP contribution in [0.15, 0.2) is 41.3 Å². The Balaban J connectivity index is 1.51. The van der Waals surface area contributed by atoms with Gasteiger partial charge in [-0.05, 0) is 31.0 Å². The Kier molecular flexibility index (Phi) is 5.10. The van der Waals surface area contributed by atoms with E-state index in [1.807, 2.05) is 6.07 Å². The molecule has 0 aliphatic carbocycles. The lowest BCUT2D eigenvalue weighted by Crippen LogP contribution is -2.28. The van der Waals surface area contributed by atoms with Gasteiger partial charge in [-0.25, -0.2) is 4.98 Å². The highest BCUT2D eigenvalue weighted by Crippen LogP contribution is 2.26. The van der Waals surface area contributed by atoms with Crippen LogP contribution in [0.25, 0.3) is 0 Å². The summed E-state index contributed by atoms with van der Waals surface area (Å²) in [6.45, 7) is 2.18. The summed E-state index contributed by atoms with van der Waals surface area (Å²) >= 11 is 0. The van der Waals surface area contributed by atoms with Crippen molar-refractivity contribution in [1.82, 2.24) is 10.3 Å². The van der Waals surface area contributed by atoms with E-state index in [-0.39, 0.29) is 24.8 Å². The average Bonchev–Trinajstić information content (AvgIpc) is 3.29. The fraction of sp³-hybridized carbons (Fsp3) is 0.353. The van der Waals surface area contributed by atoms with Gasteiger partial charge in [0, 0.05) is 32.3 Å². The van der Waals surface area contributed by atoms with Gasteiger partial charge in [-0.2, -0.15) is 0 Å². The minimum Gasteiger partial charge on any atom is -0.472 e. The van der Waals surface area contributed by atoms with Crippen LogP contribution in [0.3, 0.4) is 0 Å². The Hall–Kier alpha value is -2.83. The standard InChI is InChI=1S/C17H20N4O3/c22-15(5-8-19-17(23)13-6-11-24-12-13)20-14-4-3-7-18-16(14)21-9-1-2-10-21/h3-4,6-7,11-12H,1-2,5,8-10H2,(H,19,23)(H,20,22). The summed E-state index contributed by atoms with van der Waals surface area (Å²) < 4.78 is 4.85. The summed E-state index contributed by atoms with van der Waals surface area (Å²) in [5, 5.41) is 5.57. The highest BCUT2D eigenvalue weighted by atomic mass is 16.3. The molecule has 7 nitrogen and oxygen atoms in total. The zero-order valence-corrected chi connectivity index (χ0v) is 13.3. The summed E-state index contributed by atoms with van der Waals surface area (Å²) in [5.74, 6) is 0.400. The van der Waals surface area contributed by atoms with E-state index in [1.165, 1.54) is 12.5 Å². The van der Waals surface area contributed by atoms with Crippen LogP contribution < -0.4 is 15.5 Å². The van der Waals surface area contributed by atoms with E-state index >= 15 is 0 Å². The summed E-state index contributed by atoms with van der Waals surface area (Å²) in [5.41, 5.74) is 1.16. The van der Waals surface area contributed by atoms with Gasteiger partial charge >= 0.3 is 0 Å². The molecule has 1 aliphatic rings. The molecule has 24 heavy (non-hydrogen) atoms. The molecule has 1 aliphatic heterocycles. The molecule has 0 radical (unpaired) electrons. The van der Waals surface area contributed by atoms with Crippen molar-refractivity contribution < 1.29 is 14.0 Å². The topological polar surface area (TPSA) is 87.5 Å². The Labute approximate surface area is 140 Å². The molecule has 1 saturated heterocycles. The molecule has 0 saturated carbocycles. The molecule has 2 aromatic rings. The maximum Gasteiger partial charge on any atom is 0.254 e. The summed E-state index contributed by atoms with van der Waals surface area (Å²) in [6, 6.07) is 5.23. The third-order valence-electron chi connectivity index (χ3n) is 3.89. The van der Waals surface area contributed by atoms with E-state index in [9.17, 15) is 9.59 Å². The Bertz CT molecular complexity index is 694. The van der Waals surface area contributed by atoms with Crippen molar-refractivity contribution in [1.29, 1.82) is 0 Å². The lowest BCUT2D eigenvalue weighted by Gasteiger charge is -2.19. The number of hydrogen-bond donors (Lipinski definition) is 2. The van der Waals surface area contributed by atoms with Crippen LogP contribution in [0.1, 0.15) is 29.6 Å². The Morgan fingerprint density at radius 2 is 2.08 bits per heavy atom. The van der Waals surface area contributed by atoms with Gasteiger partial charge in [-0.15, -0.1) is 0 Å². The first-order valence-corrected chi connectivity index (χ1v) is 8.04. The predicted octanol–water partition coefficient (Wildman–Crippen LogP) is 2.03. The molecule has 0 unspecified atom stereocenters. The largest absolute Gasteiger partial charge is 0.472 e. The molecule has 3 heterocycles. The van der Waals surface area contributed by atoms with E-state index in [2.05, 4.69) is 20.5 Å². The highest BCUT2D eigenvalue weighted by molar-refractivity contribution is 5.96. The van der Waals surface area contributed by atoms with Gasteiger partial charge < -0.3 is 20.0 Å². The SMILES string of the molecule is O=C(CCNC(=O)c1ccoc1)Nc1cccnc1N1CCCC1. The second-order valence-corrected chi connectivity index (χ2v) is 5.63. The number of aromatic nitrogens is 1. The fourth-order valence-corrected chi connectivity index (χ4v) is 2.67. The zero-order chi connectivity index (χ0) is 16.8. The van der Waals surface area contributed by atoms with Crippen molar-refractivity contribution in [3.63, 3.8) is 0 Å². The number of amides is 2. The third-order valence-corrected chi connectivity index (χ3v) is 3.89. The number of pyridine rings is 1. The summed E-state index contributed by atoms with van der Waals surface area (Å²) in [4.78, 5) is 30.4. The van der Waals surface area contributed by atoms with Crippen molar-refractivity contribution in [2.45, 2.75) is 19.3 Å². The van der Waals surface area contributed by atoms with Crippen LogP contribution >= 0.6 is 0 Å². The van der Waals surface area contributed by atoms with Gasteiger partial charge in [0.25, 0.3) is 5.91 Å². The molecule has 2 N–H and O–H groups in total. The lowest BCUT2D eigenvalue weighted by molar-refractivity contribution is -0.116. The number of hydrogen-bond acceptors (Lipinski definition) is 5. The highest BCUT2D eigenvalue weighted by Gasteiger charge is 2.18. The summed E-state index contributed by atoms with van der Waals surface area (Å²) in [7, 11) is 0.